The molecule has 0 bridgehead atoms. The molecule has 112 valence electrons. The van der Waals surface area contributed by atoms with Crippen LogP contribution in [-0.4, -0.2) is 65.7 Å². The number of amides is 1. The summed E-state index contributed by atoms with van der Waals surface area (Å²) in [6, 6.07) is 2.18. The molecule has 1 amide bonds. The van der Waals surface area contributed by atoms with Crippen LogP contribution in [0.1, 0.15) is 6.42 Å². The first-order chi connectivity index (χ1) is 10.2. The van der Waals surface area contributed by atoms with Crippen molar-refractivity contribution >= 4 is 22.8 Å². The molecule has 1 N–H and O–H groups in total. The lowest BCUT2D eigenvalue weighted by Crippen LogP contribution is -2.40. The predicted octanol–water partition coefficient (Wildman–Crippen LogP) is 0.641. The summed E-state index contributed by atoms with van der Waals surface area (Å²) in [6.07, 6.45) is 4.37. The number of methoxy groups -OCH3 is 1. The van der Waals surface area contributed by atoms with Crippen LogP contribution >= 0.6 is 0 Å². The molecule has 0 unspecified atom stereocenters. The summed E-state index contributed by atoms with van der Waals surface area (Å²) in [7, 11) is 3.37. The van der Waals surface area contributed by atoms with Gasteiger partial charge < -0.3 is 19.5 Å². The lowest BCUT2D eigenvalue weighted by Gasteiger charge is -2.25. The first-order valence-corrected chi connectivity index (χ1v) is 6.98. The van der Waals surface area contributed by atoms with Crippen molar-refractivity contribution in [1.82, 2.24) is 19.9 Å². The SMILES string of the molecule is COCC(=O)N(C)[C@@H]1CCN(c2ncnc3[nH]ccc23)C1. The Bertz CT molecular complexity index is 641. The van der Waals surface area contributed by atoms with Crippen LogP contribution in [0, 0.1) is 0 Å². The van der Waals surface area contributed by atoms with Gasteiger partial charge in [0.2, 0.25) is 5.91 Å². The Morgan fingerprint density at radius 2 is 2.43 bits per heavy atom. The molecular weight excluding hydrogens is 270 g/mol. The van der Waals surface area contributed by atoms with E-state index in [9.17, 15) is 4.79 Å². The molecule has 1 saturated heterocycles. The highest BCUT2D eigenvalue weighted by molar-refractivity contribution is 5.87. The summed E-state index contributed by atoms with van der Waals surface area (Å²) >= 11 is 0. The molecule has 2 aromatic rings. The Morgan fingerprint density at radius 3 is 3.24 bits per heavy atom. The molecule has 2 aromatic heterocycles. The van der Waals surface area contributed by atoms with E-state index in [1.165, 1.54) is 7.11 Å². The summed E-state index contributed by atoms with van der Waals surface area (Å²) in [4.78, 5) is 27.6. The van der Waals surface area contributed by atoms with Gasteiger partial charge in [0.15, 0.2) is 0 Å². The molecule has 7 heteroatoms. The second-order valence-electron chi connectivity index (χ2n) is 5.26. The van der Waals surface area contributed by atoms with Crippen LogP contribution in [0.4, 0.5) is 5.82 Å². The number of hydrogen-bond acceptors (Lipinski definition) is 5. The van der Waals surface area contributed by atoms with E-state index >= 15 is 0 Å². The van der Waals surface area contributed by atoms with Crippen molar-refractivity contribution in [2.24, 2.45) is 0 Å². The molecule has 0 saturated carbocycles. The Labute approximate surface area is 122 Å². The Morgan fingerprint density at radius 1 is 1.57 bits per heavy atom. The number of aromatic amines is 1. The molecule has 1 aliphatic rings. The monoisotopic (exact) mass is 289 g/mol. The molecule has 1 fully saturated rings. The van der Waals surface area contributed by atoms with Crippen molar-refractivity contribution in [3.63, 3.8) is 0 Å². The fourth-order valence-corrected chi connectivity index (χ4v) is 2.79. The molecule has 3 heterocycles. The highest BCUT2D eigenvalue weighted by atomic mass is 16.5. The van der Waals surface area contributed by atoms with Crippen LogP contribution in [0.2, 0.25) is 0 Å². The highest BCUT2D eigenvalue weighted by Crippen LogP contribution is 2.26. The third kappa shape index (κ3) is 2.56. The highest BCUT2D eigenvalue weighted by Gasteiger charge is 2.29. The van der Waals surface area contributed by atoms with E-state index in [-0.39, 0.29) is 18.6 Å². The number of ether oxygens (including phenoxy) is 1. The largest absolute Gasteiger partial charge is 0.375 e. The Kier molecular flexibility index (Phi) is 3.74. The Balaban J connectivity index is 1.75. The number of anilines is 1. The zero-order valence-corrected chi connectivity index (χ0v) is 12.2. The lowest BCUT2D eigenvalue weighted by molar-refractivity contribution is -0.135. The molecule has 21 heavy (non-hydrogen) atoms. The molecule has 0 radical (unpaired) electrons. The first kappa shape index (κ1) is 13.8. The summed E-state index contributed by atoms with van der Waals surface area (Å²) in [5.74, 6) is 0.940. The first-order valence-electron chi connectivity index (χ1n) is 6.98. The molecule has 0 spiro atoms. The standard InChI is InChI=1S/C14H19N5O2/c1-18(12(20)8-21-2)10-4-6-19(7-10)14-11-3-5-15-13(11)16-9-17-14/h3,5,9-10H,4,6-8H2,1-2H3,(H,15,16,17)/t10-/m1/s1. The van der Waals surface area contributed by atoms with Gasteiger partial charge in [0, 0.05) is 33.4 Å². The third-order valence-electron chi connectivity index (χ3n) is 4.00. The quantitative estimate of drug-likeness (QED) is 0.894. The average Bonchev–Trinajstić information content (AvgIpc) is 3.15. The maximum atomic E-state index is 11.9. The van der Waals surface area contributed by atoms with Crippen molar-refractivity contribution in [3.8, 4) is 0 Å². The fourth-order valence-electron chi connectivity index (χ4n) is 2.79. The van der Waals surface area contributed by atoms with Gasteiger partial charge in [-0.1, -0.05) is 0 Å². The second-order valence-corrected chi connectivity index (χ2v) is 5.26. The summed E-state index contributed by atoms with van der Waals surface area (Å²) in [6.45, 7) is 1.79. The van der Waals surface area contributed by atoms with Crippen molar-refractivity contribution in [1.29, 1.82) is 0 Å². The normalized spacial score (nSPS) is 18.4. The number of H-pyrrole nitrogens is 1. The molecule has 1 atom stereocenters. The second kappa shape index (κ2) is 5.69. The number of rotatable bonds is 4. The van der Waals surface area contributed by atoms with Gasteiger partial charge >= 0.3 is 0 Å². The van der Waals surface area contributed by atoms with Crippen LogP contribution in [0.5, 0.6) is 0 Å². The minimum atomic E-state index is 0.0128. The fraction of sp³-hybridized carbons (Fsp3) is 0.500. The van der Waals surface area contributed by atoms with Crippen LogP contribution in [0.15, 0.2) is 18.6 Å². The van der Waals surface area contributed by atoms with E-state index in [1.807, 2.05) is 19.3 Å². The summed E-state index contributed by atoms with van der Waals surface area (Å²) in [5.41, 5.74) is 0.840. The van der Waals surface area contributed by atoms with Crippen molar-refractivity contribution in [2.45, 2.75) is 12.5 Å². The lowest BCUT2D eigenvalue weighted by atomic mass is 10.2. The van der Waals surface area contributed by atoms with E-state index in [4.69, 9.17) is 4.74 Å². The zero-order chi connectivity index (χ0) is 14.8. The van der Waals surface area contributed by atoms with Crippen LogP contribution < -0.4 is 4.90 Å². The van der Waals surface area contributed by atoms with Crippen molar-refractivity contribution < 1.29 is 9.53 Å². The van der Waals surface area contributed by atoms with Gasteiger partial charge in [-0.25, -0.2) is 9.97 Å². The van der Waals surface area contributed by atoms with E-state index < -0.39 is 0 Å². The van der Waals surface area contributed by atoms with Crippen molar-refractivity contribution in [2.75, 3.05) is 38.8 Å². The van der Waals surface area contributed by atoms with Gasteiger partial charge in [0.25, 0.3) is 0 Å². The van der Waals surface area contributed by atoms with Gasteiger partial charge in [0.05, 0.1) is 11.4 Å². The van der Waals surface area contributed by atoms with Gasteiger partial charge in [-0.15, -0.1) is 0 Å². The van der Waals surface area contributed by atoms with Crippen molar-refractivity contribution in [3.05, 3.63) is 18.6 Å². The molecule has 1 aliphatic heterocycles. The maximum absolute atomic E-state index is 11.9. The van der Waals surface area contributed by atoms with Gasteiger partial charge in [0.1, 0.15) is 24.4 Å². The van der Waals surface area contributed by atoms with Gasteiger partial charge in [-0.05, 0) is 12.5 Å². The molecule has 7 nitrogen and oxygen atoms in total. The smallest absolute Gasteiger partial charge is 0.248 e. The minimum Gasteiger partial charge on any atom is -0.375 e. The Hall–Kier alpha value is -2.15. The maximum Gasteiger partial charge on any atom is 0.248 e. The number of nitrogens with one attached hydrogen (secondary N) is 1. The van der Waals surface area contributed by atoms with Gasteiger partial charge in [-0.2, -0.15) is 0 Å². The summed E-state index contributed by atoms with van der Waals surface area (Å²) in [5, 5.41) is 1.02. The number of nitrogens with zero attached hydrogens (tertiary/aromatic N) is 4. The third-order valence-corrected chi connectivity index (χ3v) is 4.00. The molecule has 0 aliphatic carbocycles. The summed E-state index contributed by atoms with van der Waals surface area (Å²) < 4.78 is 4.91. The van der Waals surface area contributed by atoms with E-state index in [0.29, 0.717) is 0 Å². The number of aromatic nitrogens is 3. The molecule has 0 aromatic carbocycles. The predicted molar refractivity (Wildman–Crippen MR) is 79.2 cm³/mol. The van der Waals surface area contributed by atoms with Crippen LogP contribution in [0.3, 0.4) is 0 Å². The van der Waals surface area contributed by atoms with Crippen LogP contribution in [-0.2, 0) is 9.53 Å². The number of likely N-dealkylation sites (N-methyl/N-ethyl adjacent to an activating group) is 1. The van der Waals surface area contributed by atoms with E-state index in [0.717, 1.165) is 36.4 Å². The van der Waals surface area contributed by atoms with E-state index in [1.54, 1.807) is 11.2 Å². The van der Waals surface area contributed by atoms with Gasteiger partial charge in [-0.3, -0.25) is 4.79 Å². The minimum absolute atomic E-state index is 0.0128. The number of carbonyl (C=O) groups excluding carboxylic acids is 1. The van der Waals surface area contributed by atoms with Crippen LogP contribution in [0.25, 0.3) is 11.0 Å². The topological polar surface area (TPSA) is 74.3 Å². The van der Waals surface area contributed by atoms with E-state index in [2.05, 4.69) is 19.9 Å². The number of fused-ring (bicyclic) bond motifs is 1. The number of hydrogen-bond donors (Lipinski definition) is 1. The molecular formula is C14H19N5O2. The number of carbonyl (C=O) groups is 1. The average molecular weight is 289 g/mol. The zero-order valence-electron chi connectivity index (χ0n) is 12.2. The molecule has 3 rings (SSSR count).